The van der Waals surface area contributed by atoms with Crippen molar-refractivity contribution in [1.82, 2.24) is 15.1 Å². The van der Waals surface area contributed by atoms with Gasteiger partial charge in [0.2, 0.25) is 5.88 Å². The Bertz CT molecular complexity index is 893. The van der Waals surface area contributed by atoms with E-state index in [1.807, 2.05) is 12.1 Å². The number of aromatic nitrogens is 2. The van der Waals surface area contributed by atoms with Gasteiger partial charge < -0.3 is 9.64 Å². The number of rotatable bonds is 3. The molecule has 2 aliphatic heterocycles. The lowest BCUT2D eigenvalue weighted by Gasteiger charge is -2.46. The van der Waals surface area contributed by atoms with E-state index in [0.717, 1.165) is 24.1 Å². The number of ether oxygens (including phenoxy) is 1. The van der Waals surface area contributed by atoms with E-state index in [0.29, 0.717) is 18.0 Å². The molecule has 4 heterocycles. The summed E-state index contributed by atoms with van der Waals surface area (Å²) in [5.41, 5.74) is 1.99. The molecule has 2 saturated heterocycles. The molecule has 1 aromatic carbocycles. The van der Waals surface area contributed by atoms with Crippen LogP contribution in [0.1, 0.15) is 32.1 Å². The minimum Gasteiger partial charge on any atom is -0.473 e. The summed E-state index contributed by atoms with van der Waals surface area (Å²) >= 11 is 1.76. The predicted octanol–water partition coefficient (Wildman–Crippen LogP) is 4.75. The van der Waals surface area contributed by atoms with Gasteiger partial charge in [0, 0.05) is 28.4 Å². The number of hydrogen-bond donors (Lipinski definition) is 0. The molecule has 2 atom stereocenters. The fourth-order valence-electron chi connectivity index (χ4n) is 4.50. The van der Waals surface area contributed by atoms with E-state index in [4.69, 9.17) is 4.74 Å². The predicted molar refractivity (Wildman–Crippen MR) is 106 cm³/mol. The quantitative estimate of drug-likeness (QED) is 0.671. The molecule has 0 amide bonds. The summed E-state index contributed by atoms with van der Waals surface area (Å²) in [5, 5.41) is 12.1. The van der Waals surface area contributed by atoms with Crippen molar-refractivity contribution in [2.45, 2.75) is 50.3 Å². The highest BCUT2D eigenvalue weighted by Crippen LogP contribution is 2.34. The van der Waals surface area contributed by atoms with Gasteiger partial charge in [0.1, 0.15) is 6.10 Å². The highest BCUT2D eigenvalue weighted by atomic mass is 32.1. The Morgan fingerprint density at radius 2 is 1.88 bits per heavy atom. The Kier molecular flexibility index (Phi) is 4.14. The molecule has 4 nitrogen and oxygen atoms in total. The monoisotopic (exact) mass is 365 g/mol. The van der Waals surface area contributed by atoms with Crippen LogP contribution in [0.2, 0.25) is 0 Å². The maximum Gasteiger partial charge on any atom is 0.233 e. The second-order valence-electron chi connectivity index (χ2n) is 7.55. The molecule has 5 heteroatoms. The highest BCUT2D eigenvalue weighted by Gasteiger charge is 2.37. The van der Waals surface area contributed by atoms with Crippen molar-refractivity contribution >= 4 is 21.4 Å². The fraction of sp³-hybridized carbons (Fsp3) is 0.429. The SMILES string of the molecule is CN1C2CCCC1CC(Oc1ccc(-c3ccc4sccc4c3)nn1)C2. The summed E-state index contributed by atoms with van der Waals surface area (Å²) in [6, 6.07) is 13.9. The first-order valence-corrected chi connectivity index (χ1v) is 10.3. The van der Waals surface area contributed by atoms with Crippen LogP contribution in [0.25, 0.3) is 21.3 Å². The first-order valence-electron chi connectivity index (χ1n) is 9.46. The third-order valence-electron chi connectivity index (χ3n) is 5.97. The van der Waals surface area contributed by atoms with Crippen LogP contribution >= 0.6 is 11.3 Å². The van der Waals surface area contributed by atoms with Crippen LogP contribution in [0.3, 0.4) is 0 Å². The summed E-state index contributed by atoms with van der Waals surface area (Å²) in [4.78, 5) is 2.55. The zero-order valence-electron chi connectivity index (χ0n) is 15.0. The minimum atomic E-state index is 0.267. The Morgan fingerprint density at radius 1 is 1.04 bits per heavy atom. The van der Waals surface area contributed by atoms with Gasteiger partial charge in [-0.3, -0.25) is 0 Å². The van der Waals surface area contributed by atoms with E-state index in [2.05, 4.69) is 51.8 Å². The maximum absolute atomic E-state index is 6.19. The molecule has 2 unspecified atom stereocenters. The summed E-state index contributed by atoms with van der Waals surface area (Å²) in [6.07, 6.45) is 6.42. The molecular weight excluding hydrogens is 342 g/mol. The molecule has 0 radical (unpaired) electrons. The second-order valence-corrected chi connectivity index (χ2v) is 8.49. The van der Waals surface area contributed by atoms with E-state index >= 15 is 0 Å². The largest absolute Gasteiger partial charge is 0.473 e. The van der Waals surface area contributed by atoms with Gasteiger partial charge in [0.05, 0.1) is 5.69 Å². The normalized spacial score (nSPS) is 26.1. The lowest BCUT2D eigenvalue weighted by Crippen LogP contribution is -2.52. The number of benzene rings is 1. The molecule has 2 aliphatic rings. The molecule has 2 fully saturated rings. The fourth-order valence-corrected chi connectivity index (χ4v) is 5.27. The zero-order chi connectivity index (χ0) is 17.5. The smallest absolute Gasteiger partial charge is 0.233 e. The third-order valence-corrected chi connectivity index (χ3v) is 6.87. The van der Waals surface area contributed by atoms with Crippen LogP contribution < -0.4 is 4.74 Å². The number of thiophene rings is 1. The van der Waals surface area contributed by atoms with Crippen LogP contribution in [0.4, 0.5) is 0 Å². The van der Waals surface area contributed by atoms with Gasteiger partial charge in [-0.15, -0.1) is 21.5 Å². The summed E-state index contributed by atoms with van der Waals surface area (Å²) in [6.45, 7) is 0. The first kappa shape index (κ1) is 16.2. The van der Waals surface area contributed by atoms with Gasteiger partial charge in [0.25, 0.3) is 0 Å². The topological polar surface area (TPSA) is 38.2 Å². The average molecular weight is 366 g/mol. The summed E-state index contributed by atoms with van der Waals surface area (Å²) in [5.74, 6) is 0.651. The molecule has 134 valence electrons. The number of hydrogen-bond acceptors (Lipinski definition) is 5. The van der Waals surface area contributed by atoms with Crippen molar-refractivity contribution in [3.05, 3.63) is 41.8 Å². The minimum absolute atomic E-state index is 0.267. The molecule has 26 heavy (non-hydrogen) atoms. The number of piperidine rings is 2. The van der Waals surface area contributed by atoms with Gasteiger partial charge in [0.15, 0.2) is 0 Å². The first-order chi connectivity index (χ1) is 12.8. The molecule has 0 spiro atoms. The molecular formula is C21H23N3OS. The molecule has 0 saturated carbocycles. The van der Waals surface area contributed by atoms with Crippen molar-refractivity contribution in [3.63, 3.8) is 0 Å². The highest BCUT2D eigenvalue weighted by molar-refractivity contribution is 7.17. The van der Waals surface area contributed by atoms with E-state index < -0.39 is 0 Å². The number of fused-ring (bicyclic) bond motifs is 3. The van der Waals surface area contributed by atoms with Gasteiger partial charge in [-0.2, -0.15) is 0 Å². The average Bonchev–Trinajstić information content (AvgIpc) is 3.11. The zero-order valence-corrected chi connectivity index (χ0v) is 15.8. The molecule has 2 aromatic heterocycles. The Hall–Kier alpha value is -1.98. The van der Waals surface area contributed by atoms with Crippen LogP contribution in [0, 0.1) is 0 Å². The van der Waals surface area contributed by atoms with E-state index in [-0.39, 0.29) is 6.10 Å². The maximum atomic E-state index is 6.19. The Labute approximate surface area is 157 Å². The van der Waals surface area contributed by atoms with Gasteiger partial charge in [-0.05, 0) is 67.8 Å². The third kappa shape index (κ3) is 2.99. The molecule has 0 N–H and O–H groups in total. The standard InChI is InChI=1S/C21H23N3OS/c1-24-16-3-2-4-17(24)13-18(12-16)25-21-8-6-19(22-23-21)14-5-7-20-15(11-14)9-10-26-20/h5-11,16-18H,2-4,12-13H2,1H3. The lowest BCUT2D eigenvalue weighted by atomic mass is 9.83. The lowest BCUT2D eigenvalue weighted by molar-refractivity contribution is -0.00174. The molecule has 2 bridgehead atoms. The van der Waals surface area contributed by atoms with Crippen LogP contribution in [0.15, 0.2) is 41.8 Å². The van der Waals surface area contributed by atoms with Crippen molar-refractivity contribution in [3.8, 4) is 17.1 Å². The Morgan fingerprint density at radius 3 is 2.65 bits per heavy atom. The van der Waals surface area contributed by atoms with Gasteiger partial charge in [-0.1, -0.05) is 12.5 Å². The van der Waals surface area contributed by atoms with Crippen molar-refractivity contribution < 1.29 is 4.74 Å². The van der Waals surface area contributed by atoms with Gasteiger partial charge in [-0.25, -0.2) is 0 Å². The van der Waals surface area contributed by atoms with E-state index in [9.17, 15) is 0 Å². The summed E-state index contributed by atoms with van der Waals surface area (Å²) in [7, 11) is 2.27. The van der Waals surface area contributed by atoms with Crippen molar-refractivity contribution in [2.24, 2.45) is 0 Å². The molecule has 5 rings (SSSR count). The van der Waals surface area contributed by atoms with E-state index in [1.165, 1.54) is 29.3 Å². The van der Waals surface area contributed by atoms with Gasteiger partial charge >= 0.3 is 0 Å². The van der Waals surface area contributed by atoms with Crippen molar-refractivity contribution in [1.29, 1.82) is 0 Å². The molecule has 0 aliphatic carbocycles. The van der Waals surface area contributed by atoms with Crippen LogP contribution in [0.5, 0.6) is 5.88 Å². The van der Waals surface area contributed by atoms with Crippen molar-refractivity contribution in [2.75, 3.05) is 7.05 Å². The molecule has 3 aromatic rings. The Balaban J connectivity index is 1.30. The van der Waals surface area contributed by atoms with Crippen LogP contribution in [-0.2, 0) is 0 Å². The number of nitrogens with zero attached hydrogens (tertiary/aromatic N) is 3. The van der Waals surface area contributed by atoms with Crippen LogP contribution in [-0.4, -0.2) is 40.3 Å². The van der Waals surface area contributed by atoms with E-state index in [1.54, 1.807) is 11.3 Å². The second kappa shape index (κ2) is 6.63. The summed E-state index contributed by atoms with van der Waals surface area (Å²) < 4.78 is 7.49.